The van der Waals surface area contributed by atoms with Gasteiger partial charge in [0.2, 0.25) is 0 Å². The van der Waals surface area contributed by atoms with Gasteiger partial charge in [0.1, 0.15) is 5.75 Å². The monoisotopic (exact) mass is 284 g/mol. The highest BCUT2D eigenvalue weighted by atomic mass is 79.9. The lowest BCUT2D eigenvalue weighted by molar-refractivity contribution is 0.0993. The normalized spacial score (nSPS) is 12.6. The van der Waals surface area contributed by atoms with Gasteiger partial charge in [0, 0.05) is 0 Å². The molecule has 16 heavy (non-hydrogen) atoms. The van der Waals surface area contributed by atoms with E-state index in [2.05, 4.69) is 29.8 Å². The Balaban J connectivity index is 3.22. The molecule has 0 heterocycles. The Morgan fingerprint density at radius 2 is 1.94 bits per heavy atom. The first-order chi connectivity index (χ1) is 7.47. The fourth-order valence-electron chi connectivity index (χ4n) is 1.49. The molecule has 1 unspecified atom stereocenters. The minimum atomic E-state index is -0.191. The van der Waals surface area contributed by atoms with Crippen LogP contribution in [0.5, 0.6) is 5.75 Å². The first-order valence-electron chi connectivity index (χ1n) is 5.33. The number of ketones is 1. The number of Topliss-reactive ketones (excluding diaryl/α,β-unsaturated/α-hetero) is 1. The number of halogens is 1. The van der Waals surface area contributed by atoms with Crippen molar-refractivity contribution >= 4 is 21.7 Å². The van der Waals surface area contributed by atoms with Crippen molar-refractivity contribution in [3.05, 3.63) is 29.3 Å². The molecule has 0 fully saturated rings. The van der Waals surface area contributed by atoms with Crippen LogP contribution in [-0.4, -0.2) is 17.7 Å². The topological polar surface area (TPSA) is 26.3 Å². The van der Waals surface area contributed by atoms with Gasteiger partial charge >= 0.3 is 0 Å². The minimum Gasteiger partial charge on any atom is -0.496 e. The van der Waals surface area contributed by atoms with Gasteiger partial charge in [-0.05, 0) is 30.5 Å². The minimum absolute atomic E-state index is 0.0550. The van der Waals surface area contributed by atoms with Crippen LogP contribution in [-0.2, 0) is 0 Å². The standard InChI is InChI=1S/C13H17BrO2/c1-8(2)10-5-6-12(16-4)11(7-10)13(15)9(3)14/h5-9H,1-4H3. The lowest BCUT2D eigenvalue weighted by Crippen LogP contribution is -2.12. The molecule has 0 saturated heterocycles. The summed E-state index contributed by atoms with van der Waals surface area (Å²) in [6, 6.07) is 5.78. The molecule has 0 amide bonds. The Morgan fingerprint density at radius 1 is 1.31 bits per heavy atom. The number of methoxy groups -OCH3 is 1. The summed E-state index contributed by atoms with van der Waals surface area (Å²) in [7, 11) is 1.58. The number of alkyl halides is 1. The molecule has 1 aromatic carbocycles. The fourth-order valence-corrected chi connectivity index (χ4v) is 1.74. The SMILES string of the molecule is COc1ccc(C(C)C)cc1C(=O)C(C)Br. The van der Waals surface area contributed by atoms with Crippen molar-refractivity contribution in [3.63, 3.8) is 0 Å². The van der Waals surface area contributed by atoms with E-state index >= 15 is 0 Å². The highest BCUT2D eigenvalue weighted by Gasteiger charge is 2.17. The molecule has 1 aromatic rings. The molecule has 1 rings (SSSR count). The van der Waals surface area contributed by atoms with Gasteiger partial charge in [-0.25, -0.2) is 0 Å². The molecule has 0 aromatic heterocycles. The second-order valence-corrected chi connectivity index (χ2v) is 5.47. The van der Waals surface area contributed by atoms with Crippen LogP contribution in [0.4, 0.5) is 0 Å². The highest BCUT2D eigenvalue weighted by Crippen LogP contribution is 2.26. The molecule has 0 aliphatic rings. The summed E-state index contributed by atoms with van der Waals surface area (Å²) in [5.74, 6) is 1.10. The Kier molecular flexibility index (Phi) is 4.54. The van der Waals surface area contributed by atoms with Gasteiger partial charge in [-0.2, -0.15) is 0 Å². The maximum Gasteiger partial charge on any atom is 0.179 e. The highest BCUT2D eigenvalue weighted by molar-refractivity contribution is 9.10. The van der Waals surface area contributed by atoms with Gasteiger partial charge in [-0.3, -0.25) is 4.79 Å². The average Bonchev–Trinajstić information content (AvgIpc) is 2.26. The van der Waals surface area contributed by atoms with Crippen LogP contribution in [0.3, 0.4) is 0 Å². The van der Waals surface area contributed by atoms with E-state index in [4.69, 9.17) is 4.74 Å². The van der Waals surface area contributed by atoms with Gasteiger partial charge in [0.25, 0.3) is 0 Å². The smallest absolute Gasteiger partial charge is 0.179 e. The Labute approximate surface area is 105 Å². The maximum absolute atomic E-state index is 12.0. The Hall–Kier alpha value is -0.830. The van der Waals surface area contributed by atoms with E-state index in [1.807, 2.05) is 25.1 Å². The van der Waals surface area contributed by atoms with Crippen LogP contribution in [0.25, 0.3) is 0 Å². The van der Waals surface area contributed by atoms with Crippen LogP contribution < -0.4 is 4.74 Å². The zero-order valence-electron chi connectivity index (χ0n) is 10.1. The van der Waals surface area contributed by atoms with E-state index < -0.39 is 0 Å². The fraction of sp³-hybridized carbons (Fsp3) is 0.462. The quantitative estimate of drug-likeness (QED) is 0.621. The predicted molar refractivity (Wildman–Crippen MR) is 69.8 cm³/mol. The van der Waals surface area contributed by atoms with Crippen molar-refractivity contribution < 1.29 is 9.53 Å². The molecule has 0 aliphatic carbocycles. The lowest BCUT2D eigenvalue weighted by atomic mass is 9.98. The van der Waals surface area contributed by atoms with E-state index in [0.29, 0.717) is 17.2 Å². The van der Waals surface area contributed by atoms with Crippen molar-refractivity contribution in [3.8, 4) is 5.75 Å². The second kappa shape index (κ2) is 5.48. The van der Waals surface area contributed by atoms with Gasteiger partial charge in [0.05, 0.1) is 17.5 Å². The molecule has 0 bridgehead atoms. The van der Waals surface area contributed by atoms with Gasteiger partial charge in [0.15, 0.2) is 5.78 Å². The van der Waals surface area contributed by atoms with Crippen molar-refractivity contribution in [2.24, 2.45) is 0 Å². The molecule has 0 aliphatic heterocycles. The van der Waals surface area contributed by atoms with Crippen molar-refractivity contribution in [2.45, 2.75) is 31.5 Å². The predicted octanol–water partition coefficient (Wildman–Crippen LogP) is 3.78. The molecule has 0 N–H and O–H groups in total. The first kappa shape index (κ1) is 13.2. The third-order valence-corrected chi connectivity index (χ3v) is 2.93. The Morgan fingerprint density at radius 3 is 2.38 bits per heavy atom. The van der Waals surface area contributed by atoms with Crippen LogP contribution in [0.2, 0.25) is 0 Å². The van der Waals surface area contributed by atoms with Crippen LogP contribution in [0.15, 0.2) is 18.2 Å². The molecule has 0 radical (unpaired) electrons. The van der Waals surface area contributed by atoms with E-state index in [1.165, 1.54) is 0 Å². The summed E-state index contributed by atoms with van der Waals surface area (Å²) >= 11 is 3.30. The van der Waals surface area contributed by atoms with Crippen LogP contribution in [0, 0.1) is 0 Å². The second-order valence-electron chi connectivity index (χ2n) is 4.09. The third kappa shape index (κ3) is 2.85. The number of hydrogen-bond donors (Lipinski definition) is 0. The average molecular weight is 285 g/mol. The number of carbonyl (C=O) groups is 1. The lowest BCUT2D eigenvalue weighted by Gasteiger charge is -2.12. The van der Waals surface area contributed by atoms with Gasteiger partial charge in [-0.1, -0.05) is 35.8 Å². The molecule has 0 spiro atoms. The van der Waals surface area contributed by atoms with E-state index in [1.54, 1.807) is 7.11 Å². The zero-order valence-corrected chi connectivity index (χ0v) is 11.7. The maximum atomic E-state index is 12.0. The number of benzene rings is 1. The van der Waals surface area contributed by atoms with Crippen LogP contribution in [0.1, 0.15) is 42.6 Å². The van der Waals surface area contributed by atoms with Crippen molar-refractivity contribution in [1.29, 1.82) is 0 Å². The molecule has 2 nitrogen and oxygen atoms in total. The van der Waals surface area contributed by atoms with Crippen LogP contribution >= 0.6 is 15.9 Å². The summed E-state index contributed by atoms with van der Waals surface area (Å²) < 4.78 is 5.21. The zero-order chi connectivity index (χ0) is 12.3. The summed E-state index contributed by atoms with van der Waals surface area (Å²) in [6.07, 6.45) is 0. The number of hydrogen-bond acceptors (Lipinski definition) is 2. The van der Waals surface area contributed by atoms with Crippen molar-refractivity contribution in [1.82, 2.24) is 0 Å². The van der Waals surface area contributed by atoms with E-state index in [-0.39, 0.29) is 10.6 Å². The van der Waals surface area contributed by atoms with E-state index in [0.717, 1.165) is 5.56 Å². The van der Waals surface area contributed by atoms with Gasteiger partial charge < -0.3 is 4.74 Å². The number of rotatable bonds is 4. The summed E-state index contributed by atoms with van der Waals surface area (Å²) in [5, 5.41) is 0. The molecular formula is C13H17BrO2. The molecule has 3 heteroatoms. The summed E-state index contributed by atoms with van der Waals surface area (Å²) in [6.45, 7) is 6.03. The van der Waals surface area contributed by atoms with Gasteiger partial charge in [-0.15, -0.1) is 0 Å². The summed E-state index contributed by atoms with van der Waals surface area (Å²) in [4.78, 5) is 11.8. The number of carbonyl (C=O) groups excluding carboxylic acids is 1. The van der Waals surface area contributed by atoms with Crippen molar-refractivity contribution in [2.75, 3.05) is 7.11 Å². The largest absolute Gasteiger partial charge is 0.496 e. The third-order valence-electron chi connectivity index (χ3n) is 2.52. The first-order valence-corrected chi connectivity index (χ1v) is 6.25. The molecule has 1 atom stereocenters. The number of ether oxygens (including phenoxy) is 1. The molecular weight excluding hydrogens is 268 g/mol. The molecule has 88 valence electrons. The van der Waals surface area contributed by atoms with E-state index in [9.17, 15) is 4.79 Å². The summed E-state index contributed by atoms with van der Waals surface area (Å²) in [5.41, 5.74) is 1.80. The molecule has 0 saturated carbocycles. The Bertz CT molecular complexity index is 384.